The lowest BCUT2D eigenvalue weighted by Crippen LogP contribution is -2.51. The molecule has 0 unspecified atom stereocenters. The lowest BCUT2D eigenvalue weighted by Gasteiger charge is -2.32. The number of hydrogen-bond acceptors (Lipinski definition) is 6. The predicted octanol–water partition coefficient (Wildman–Crippen LogP) is -1.04. The number of nitrogens with zero attached hydrogens (tertiary/aromatic N) is 2. The molecule has 0 bridgehead atoms. The third kappa shape index (κ3) is 4.37. The second-order valence-electron chi connectivity index (χ2n) is 8.12. The molecule has 0 aromatic rings. The number of rotatable bonds is 8. The zero-order valence-corrected chi connectivity index (χ0v) is 15.8. The molecular formula is C15H31BN4O4S. The fraction of sp³-hybridized carbons (Fsp3) is 1.00. The molecule has 1 saturated carbocycles. The van der Waals surface area contributed by atoms with Crippen molar-refractivity contribution in [1.82, 2.24) is 13.9 Å². The van der Waals surface area contributed by atoms with Gasteiger partial charge in [-0.15, -0.1) is 0 Å². The van der Waals surface area contributed by atoms with Crippen LogP contribution in [0.4, 0.5) is 0 Å². The van der Waals surface area contributed by atoms with Crippen LogP contribution in [0.1, 0.15) is 39.0 Å². The van der Waals surface area contributed by atoms with Gasteiger partial charge in [-0.05, 0) is 51.4 Å². The highest BCUT2D eigenvalue weighted by Crippen LogP contribution is 2.38. The second-order valence-corrected chi connectivity index (χ2v) is 9.96. The van der Waals surface area contributed by atoms with Crippen molar-refractivity contribution < 1.29 is 18.5 Å². The molecule has 5 N–H and O–H groups in total. The first-order valence-corrected chi connectivity index (χ1v) is 10.8. The van der Waals surface area contributed by atoms with Crippen molar-refractivity contribution in [1.29, 1.82) is 0 Å². The zero-order chi connectivity index (χ0) is 18.2. The minimum Gasteiger partial charge on any atom is -0.427 e. The molecule has 0 aromatic carbocycles. The predicted molar refractivity (Wildman–Crippen MR) is 96.9 cm³/mol. The summed E-state index contributed by atoms with van der Waals surface area (Å²) in [6.07, 6.45) is 4.37. The summed E-state index contributed by atoms with van der Waals surface area (Å²) >= 11 is 0. The molecule has 2 aliphatic heterocycles. The summed E-state index contributed by atoms with van der Waals surface area (Å²) in [4.78, 5) is 0. The molecule has 3 aliphatic rings. The van der Waals surface area contributed by atoms with E-state index in [1.807, 2.05) is 6.92 Å². The van der Waals surface area contributed by atoms with E-state index in [1.54, 1.807) is 8.61 Å². The Labute approximate surface area is 151 Å². The molecule has 3 fully saturated rings. The third-order valence-electron chi connectivity index (χ3n) is 5.78. The van der Waals surface area contributed by atoms with Crippen molar-refractivity contribution in [3.8, 4) is 0 Å². The second kappa shape index (κ2) is 7.42. The van der Waals surface area contributed by atoms with Gasteiger partial charge in [0.15, 0.2) is 0 Å². The first-order chi connectivity index (χ1) is 11.7. The van der Waals surface area contributed by atoms with Gasteiger partial charge in [-0.1, -0.05) is 6.42 Å². The topological polar surface area (TPSA) is 119 Å². The van der Waals surface area contributed by atoms with Gasteiger partial charge in [0, 0.05) is 37.3 Å². The van der Waals surface area contributed by atoms with E-state index in [-0.39, 0.29) is 18.0 Å². The van der Waals surface area contributed by atoms with Crippen LogP contribution >= 0.6 is 0 Å². The molecule has 10 heteroatoms. The molecule has 25 heavy (non-hydrogen) atoms. The minimum atomic E-state index is -3.52. The summed E-state index contributed by atoms with van der Waals surface area (Å²) < 4.78 is 29.9. The summed E-state index contributed by atoms with van der Waals surface area (Å²) in [6, 6.07) is 0.188. The molecule has 1 aliphatic carbocycles. The number of hydrogen-bond donors (Lipinski definition) is 4. The third-order valence-corrected chi connectivity index (χ3v) is 7.84. The first kappa shape index (κ1) is 19.5. The Morgan fingerprint density at radius 3 is 2.60 bits per heavy atom. The van der Waals surface area contributed by atoms with Gasteiger partial charge < -0.3 is 21.1 Å². The van der Waals surface area contributed by atoms with E-state index < -0.39 is 22.9 Å². The van der Waals surface area contributed by atoms with E-state index in [9.17, 15) is 8.42 Å². The largest absolute Gasteiger partial charge is 0.451 e. The monoisotopic (exact) mass is 374 g/mol. The summed E-state index contributed by atoms with van der Waals surface area (Å²) in [6.45, 7) is 4.23. The Morgan fingerprint density at radius 1 is 1.32 bits per heavy atom. The Balaban J connectivity index is 1.69. The summed E-state index contributed by atoms with van der Waals surface area (Å²) in [7, 11) is -4.83. The molecule has 144 valence electrons. The van der Waals surface area contributed by atoms with Gasteiger partial charge in [0.1, 0.15) is 0 Å². The summed E-state index contributed by atoms with van der Waals surface area (Å²) in [5, 5.41) is 21.3. The molecule has 0 aromatic heterocycles. The van der Waals surface area contributed by atoms with E-state index in [1.165, 1.54) is 0 Å². The maximum atomic E-state index is 13.3. The summed E-state index contributed by atoms with van der Waals surface area (Å²) in [5.41, 5.74) is 5.82. The smallest absolute Gasteiger partial charge is 0.427 e. The fourth-order valence-electron chi connectivity index (χ4n) is 4.17. The van der Waals surface area contributed by atoms with E-state index in [4.69, 9.17) is 15.8 Å². The van der Waals surface area contributed by atoms with Crippen LogP contribution in [0.25, 0.3) is 0 Å². The van der Waals surface area contributed by atoms with Crippen molar-refractivity contribution >= 4 is 17.3 Å². The van der Waals surface area contributed by atoms with Gasteiger partial charge in [-0.25, -0.2) is 0 Å². The highest BCUT2D eigenvalue weighted by molar-refractivity contribution is 7.86. The number of nitrogens with two attached hydrogens (primary N) is 1. The zero-order valence-electron chi connectivity index (χ0n) is 15.0. The van der Waals surface area contributed by atoms with Crippen molar-refractivity contribution in [2.45, 2.75) is 63.0 Å². The maximum absolute atomic E-state index is 13.3. The van der Waals surface area contributed by atoms with Crippen LogP contribution < -0.4 is 11.1 Å². The lowest BCUT2D eigenvalue weighted by atomic mass is 9.79. The van der Waals surface area contributed by atoms with E-state index in [2.05, 4.69) is 5.32 Å². The van der Waals surface area contributed by atoms with E-state index in [0.717, 1.165) is 32.4 Å². The SMILES string of the molecule is C[C@]1(N)CN(S(=O)(=O)N(C2CC2)[C@@H]2CCNC2)C[C@@H]1CCCB(O)O. The van der Waals surface area contributed by atoms with Gasteiger partial charge in [-0.3, -0.25) is 0 Å². The van der Waals surface area contributed by atoms with Gasteiger partial charge >= 0.3 is 7.12 Å². The fourth-order valence-corrected chi connectivity index (χ4v) is 6.39. The average molecular weight is 374 g/mol. The van der Waals surface area contributed by atoms with E-state index in [0.29, 0.717) is 32.3 Å². The van der Waals surface area contributed by atoms with Gasteiger partial charge in [0.2, 0.25) is 0 Å². The van der Waals surface area contributed by atoms with Crippen LogP contribution in [0, 0.1) is 5.92 Å². The molecule has 0 radical (unpaired) electrons. The van der Waals surface area contributed by atoms with Crippen LogP contribution in [0.3, 0.4) is 0 Å². The normalized spacial score (nSPS) is 34.1. The Kier molecular flexibility index (Phi) is 5.80. The molecule has 0 spiro atoms. The molecule has 3 atom stereocenters. The van der Waals surface area contributed by atoms with Crippen LogP contribution in [0.15, 0.2) is 0 Å². The van der Waals surface area contributed by atoms with Gasteiger partial charge in [0.05, 0.1) is 0 Å². The van der Waals surface area contributed by atoms with Crippen LogP contribution in [0.5, 0.6) is 0 Å². The average Bonchev–Trinajstić information content (AvgIpc) is 3.07. The Morgan fingerprint density at radius 2 is 2.04 bits per heavy atom. The van der Waals surface area contributed by atoms with Crippen molar-refractivity contribution in [3.05, 3.63) is 0 Å². The van der Waals surface area contributed by atoms with Crippen LogP contribution in [0.2, 0.25) is 6.32 Å². The molecule has 2 heterocycles. The highest BCUT2D eigenvalue weighted by Gasteiger charge is 2.50. The molecule has 2 saturated heterocycles. The molecular weight excluding hydrogens is 343 g/mol. The maximum Gasteiger partial charge on any atom is 0.451 e. The quantitative estimate of drug-likeness (QED) is 0.403. The van der Waals surface area contributed by atoms with Crippen LogP contribution in [-0.2, 0) is 10.2 Å². The van der Waals surface area contributed by atoms with E-state index >= 15 is 0 Å². The Hall–Kier alpha value is -0.225. The molecule has 8 nitrogen and oxygen atoms in total. The summed E-state index contributed by atoms with van der Waals surface area (Å²) in [5.74, 6) is 0.0313. The molecule has 0 amide bonds. The lowest BCUT2D eigenvalue weighted by molar-refractivity contribution is 0.293. The van der Waals surface area contributed by atoms with Crippen molar-refractivity contribution in [2.75, 3.05) is 26.2 Å². The molecule has 3 rings (SSSR count). The highest BCUT2D eigenvalue weighted by atomic mass is 32.2. The van der Waals surface area contributed by atoms with Crippen LogP contribution in [-0.4, -0.2) is 78.0 Å². The Bertz CT molecular complexity index is 564. The van der Waals surface area contributed by atoms with Gasteiger partial charge in [0.25, 0.3) is 10.2 Å². The number of nitrogens with one attached hydrogen (secondary N) is 1. The van der Waals surface area contributed by atoms with Crippen molar-refractivity contribution in [3.63, 3.8) is 0 Å². The van der Waals surface area contributed by atoms with Gasteiger partial charge in [-0.2, -0.15) is 17.0 Å². The minimum absolute atomic E-state index is 0.0313. The van der Waals surface area contributed by atoms with Crippen molar-refractivity contribution in [2.24, 2.45) is 11.7 Å². The standard InChI is InChI=1S/C15H31BN4O4S/c1-15(17)11-19(10-12(15)3-2-7-16(21)22)25(23,24)20(13-4-5-13)14-6-8-18-9-14/h12-14,18,21-22H,2-11,17H2,1H3/t12-,14+,15-/m0/s1. The first-order valence-electron chi connectivity index (χ1n) is 9.36.